The molecule has 0 fully saturated rings. The number of thioether (sulfide) groups is 1. The van der Waals surface area contributed by atoms with Crippen molar-refractivity contribution in [2.75, 3.05) is 17.3 Å². The van der Waals surface area contributed by atoms with E-state index in [4.69, 9.17) is 16.3 Å². The van der Waals surface area contributed by atoms with E-state index < -0.39 is 41.6 Å². The summed E-state index contributed by atoms with van der Waals surface area (Å²) in [6, 6.07) is 9.11. The number of rotatable bonds is 11. The lowest BCUT2D eigenvalue weighted by atomic mass is 9.98. The zero-order valence-corrected chi connectivity index (χ0v) is 25.3. The van der Waals surface area contributed by atoms with Gasteiger partial charge in [-0.3, -0.25) is 9.59 Å². The SMILES string of the molecule is CCC(C)N(C(=O)C(CCSC)NC(=O)OC(C)(C)C)C(C(=O)Nc1c(C)cccc1Cl)c1ccccc1O. The van der Waals surface area contributed by atoms with Crippen LogP contribution in [0.15, 0.2) is 42.5 Å². The highest BCUT2D eigenvalue weighted by Gasteiger charge is 2.39. The first kappa shape index (κ1) is 32.3. The number of amides is 3. The van der Waals surface area contributed by atoms with E-state index in [2.05, 4.69) is 10.6 Å². The standard InChI is InChI=1S/C29H40ClN3O5S/c1-8-19(3)33(27(36)22(16-17-39-7)31-28(37)38-29(4,5)6)25(20-13-9-10-15-23(20)34)26(35)32-24-18(2)12-11-14-21(24)30/h9-15,19,22,25,34H,8,16-17H2,1-7H3,(H,31,37)(H,32,35). The number of ether oxygens (including phenoxy) is 1. The lowest BCUT2D eigenvalue weighted by molar-refractivity contribution is -0.143. The van der Waals surface area contributed by atoms with Gasteiger partial charge in [-0.1, -0.05) is 48.9 Å². The first-order valence-electron chi connectivity index (χ1n) is 12.9. The maximum Gasteiger partial charge on any atom is 0.408 e. The summed E-state index contributed by atoms with van der Waals surface area (Å²) in [5, 5.41) is 16.8. The highest BCUT2D eigenvalue weighted by Crippen LogP contribution is 2.34. The van der Waals surface area contributed by atoms with Crippen LogP contribution in [0.5, 0.6) is 5.75 Å². The Kier molecular flexibility index (Phi) is 12.0. The van der Waals surface area contributed by atoms with E-state index in [1.54, 1.807) is 51.1 Å². The number of anilines is 1. The normalized spacial score (nSPS) is 13.6. The van der Waals surface area contributed by atoms with Crippen LogP contribution in [0.25, 0.3) is 0 Å². The first-order valence-corrected chi connectivity index (χ1v) is 14.7. The van der Waals surface area contributed by atoms with E-state index in [1.807, 2.05) is 33.1 Å². The first-order chi connectivity index (χ1) is 18.3. The number of nitrogens with zero attached hydrogens (tertiary/aromatic N) is 1. The summed E-state index contributed by atoms with van der Waals surface area (Å²) in [5.41, 5.74) is 0.678. The zero-order valence-electron chi connectivity index (χ0n) is 23.7. The second-order valence-electron chi connectivity index (χ2n) is 10.4. The number of hydrogen-bond donors (Lipinski definition) is 3. The average Bonchev–Trinajstić information content (AvgIpc) is 2.86. The molecule has 0 aliphatic rings. The molecule has 8 nitrogen and oxygen atoms in total. The molecule has 2 aromatic carbocycles. The summed E-state index contributed by atoms with van der Waals surface area (Å²) < 4.78 is 5.42. The maximum absolute atomic E-state index is 14.2. The van der Waals surface area contributed by atoms with Gasteiger partial charge in [0.1, 0.15) is 23.4 Å². The molecule has 0 aliphatic carbocycles. The molecule has 0 saturated heterocycles. The fraction of sp³-hybridized carbons (Fsp3) is 0.483. The second kappa shape index (κ2) is 14.5. The molecule has 0 saturated carbocycles. The molecule has 0 spiro atoms. The lowest BCUT2D eigenvalue weighted by Crippen LogP contribution is -2.55. The van der Waals surface area contributed by atoms with Gasteiger partial charge in [0.2, 0.25) is 5.91 Å². The quantitative estimate of drug-likeness (QED) is 0.289. The Labute approximate surface area is 240 Å². The maximum atomic E-state index is 14.2. The van der Waals surface area contributed by atoms with Gasteiger partial charge in [0.15, 0.2) is 0 Å². The largest absolute Gasteiger partial charge is 0.508 e. The third-order valence-electron chi connectivity index (χ3n) is 6.15. The number of para-hydroxylation sites is 2. The number of carbonyl (C=O) groups is 3. The van der Waals surface area contributed by atoms with Crippen molar-refractivity contribution < 1.29 is 24.2 Å². The van der Waals surface area contributed by atoms with E-state index in [0.717, 1.165) is 5.56 Å². The highest BCUT2D eigenvalue weighted by molar-refractivity contribution is 7.98. The molecule has 0 aliphatic heterocycles. The fourth-order valence-electron chi connectivity index (χ4n) is 4.04. The van der Waals surface area contributed by atoms with Gasteiger partial charge in [-0.15, -0.1) is 0 Å². The molecule has 3 unspecified atom stereocenters. The second-order valence-corrected chi connectivity index (χ2v) is 11.8. The summed E-state index contributed by atoms with van der Waals surface area (Å²) in [7, 11) is 0. The van der Waals surface area contributed by atoms with Crippen molar-refractivity contribution in [1.82, 2.24) is 10.2 Å². The third kappa shape index (κ3) is 9.07. The van der Waals surface area contributed by atoms with Gasteiger partial charge in [-0.2, -0.15) is 11.8 Å². The number of halogens is 1. The van der Waals surface area contributed by atoms with Crippen molar-refractivity contribution in [2.45, 2.75) is 78.1 Å². The molecule has 0 heterocycles. The van der Waals surface area contributed by atoms with Crippen LogP contribution >= 0.6 is 23.4 Å². The van der Waals surface area contributed by atoms with Gasteiger partial charge in [0.05, 0.1) is 10.7 Å². The Balaban J connectivity index is 2.60. The summed E-state index contributed by atoms with van der Waals surface area (Å²) in [6.07, 6.45) is 2.04. The number of nitrogens with one attached hydrogen (secondary N) is 2. The smallest absolute Gasteiger partial charge is 0.408 e. The molecule has 2 rings (SSSR count). The molecule has 3 N–H and O–H groups in total. The average molecular weight is 578 g/mol. The van der Waals surface area contributed by atoms with Crippen LogP contribution in [-0.4, -0.2) is 57.6 Å². The molecular weight excluding hydrogens is 538 g/mol. The van der Waals surface area contributed by atoms with Crippen LogP contribution in [0.3, 0.4) is 0 Å². The van der Waals surface area contributed by atoms with Crippen molar-refractivity contribution in [3.63, 3.8) is 0 Å². The van der Waals surface area contributed by atoms with E-state index in [0.29, 0.717) is 29.3 Å². The molecule has 0 bridgehead atoms. The number of hydrogen-bond acceptors (Lipinski definition) is 6. The minimum absolute atomic E-state index is 0.129. The monoisotopic (exact) mass is 577 g/mol. The predicted octanol–water partition coefficient (Wildman–Crippen LogP) is 6.31. The molecule has 10 heteroatoms. The molecule has 0 aromatic heterocycles. The van der Waals surface area contributed by atoms with E-state index >= 15 is 0 Å². The van der Waals surface area contributed by atoms with Crippen LogP contribution in [0.2, 0.25) is 5.02 Å². The van der Waals surface area contributed by atoms with E-state index in [1.165, 1.54) is 22.7 Å². The van der Waals surface area contributed by atoms with Crippen LogP contribution < -0.4 is 10.6 Å². The minimum atomic E-state index is -1.21. The van der Waals surface area contributed by atoms with Gasteiger partial charge in [-0.25, -0.2) is 4.79 Å². The van der Waals surface area contributed by atoms with Gasteiger partial charge < -0.3 is 25.4 Å². The van der Waals surface area contributed by atoms with Crippen LogP contribution in [-0.2, 0) is 14.3 Å². The van der Waals surface area contributed by atoms with Crippen LogP contribution in [0, 0.1) is 6.92 Å². The Bertz CT molecular complexity index is 1130. The van der Waals surface area contributed by atoms with Crippen LogP contribution in [0.1, 0.15) is 64.6 Å². The summed E-state index contributed by atoms with van der Waals surface area (Å²) in [4.78, 5) is 42.4. The van der Waals surface area contributed by atoms with Gasteiger partial charge in [0, 0.05) is 11.6 Å². The molecule has 3 amide bonds. The van der Waals surface area contributed by atoms with Gasteiger partial charge >= 0.3 is 6.09 Å². The zero-order chi connectivity index (χ0) is 29.3. The van der Waals surface area contributed by atoms with Gasteiger partial charge in [0.25, 0.3) is 5.91 Å². The Morgan fingerprint density at radius 2 is 1.79 bits per heavy atom. The van der Waals surface area contributed by atoms with Crippen molar-refractivity contribution in [1.29, 1.82) is 0 Å². The predicted molar refractivity (Wildman–Crippen MR) is 158 cm³/mol. The fourth-order valence-corrected chi connectivity index (χ4v) is 4.78. The molecular formula is C29H40ClN3O5S. The molecule has 39 heavy (non-hydrogen) atoms. The molecule has 2 aromatic rings. The number of alkyl carbamates (subject to hydrolysis) is 1. The highest BCUT2D eigenvalue weighted by atomic mass is 35.5. The summed E-state index contributed by atoms with van der Waals surface area (Å²) >= 11 is 7.93. The van der Waals surface area contributed by atoms with Crippen molar-refractivity contribution in [2.24, 2.45) is 0 Å². The summed E-state index contributed by atoms with van der Waals surface area (Å²) in [6.45, 7) is 10.8. The Morgan fingerprint density at radius 1 is 1.13 bits per heavy atom. The lowest BCUT2D eigenvalue weighted by Gasteiger charge is -2.38. The van der Waals surface area contributed by atoms with Crippen molar-refractivity contribution >= 4 is 47.0 Å². The number of phenolic OH excluding ortho intramolecular Hbond substituents is 1. The Hall–Kier alpha value is -2.91. The van der Waals surface area contributed by atoms with Crippen molar-refractivity contribution in [3.05, 3.63) is 58.6 Å². The van der Waals surface area contributed by atoms with Gasteiger partial charge in [-0.05, 0) is 77.2 Å². The number of carbonyl (C=O) groups excluding carboxylic acids is 3. The number of aryl methyl sites for hydroxylation is 1. The third-order valence-corrected chi connectivity index (χ3v) is 7.11. The Morgan fingerprint density at radius 3 is 2.36 bits per heavy atom. The molecule has 214 valence electrons. The molecule has 3 atom stereocenters. The van der Waals surface area contributed by atoms with E-state index in [9.17, 15) is 19.5 Å². The topological polar surface area (TPSA) is 108 Å². The van der Waals surface area contributed by atoms with E-state index in [-0.39, 0.29) is 11.3 Å². The number of benzene rings is 2. The molecule has 0 radical (unpaired) electrons. The minimum Gasteiger partial charge on any atom is -0.508 e. The summed E-state index contributed by atoms with van der Waals surface area (Å²) in [5.74, 6) is -0.534. The number of phenols is 1. The van der Waals surface area contributed by atoms with Crippen LogP contribution in [0.4, 0.5) is 10.5 Å². The number of aromatic hydroxyl groups is 1. The van der Waals surface area contributed by atoms with Crippen molar-refractivity contribution in [3.8, 4) is 5.75 Å².